The summed E-state index contributed by atoms with van der Waals surface area (Å²) in [5, 5.41) is 9.97. The van der Waals surface area contributed by atoms with Crippen LogP contribution in [0.15, 0.2) is 53.5 Å². The second kappa shape index (κ2) is 12.7. The number of Topliss-reactive ketones (excluding diaryl/α,β-unsaturated/α-hetero) is 1. The van der Waals surface area contributed by atoms with Gasteiger partial charge >= 0.3 is 5.97 Å². The third kappa shape index (κ3) is 6.57. The molecule has 2 atom stereocenters. The number of hydrogen-bond acceptors (Lipinski definition) is 9. The van der Waals surface area contributed by atoms with E-state index in [-0.39, 0.29) is 59.5 Å². The van der Waals surface area contributed by atoms with Gasteiger partial charge in [-0.05, 0) is 50.1 Å². The van der Waals surface area contributed by atoms with Crippen molar-refractivity contribution in [3.05, 3.63) is 59.7 Å². The molecule has 2 heterocycles. The number of hydrogen-bond donors (Lipinski definition) is 3. The van der Waals surface area contributed by atoms with E-state index < -0.39 is 34.1 Å². The molecular weight excluding hydrogens is 550 g/mol. The number of aliphatic imine (C=N–C) groups is 1. The van der Waals surface area contributed by atoms with E-state index in [4.69, 9.17) is 15.9 Å². The summed E-state index contributed by atoms with van der Waals surface area (Å²) in [6.45, 7) is 2.06. The summed E-state index contributed by atoms with van der Waals surface area (Å²) in [5.74, 6) is -2.72. The van der Waals surface area contributed by atoms with Crippen LogP contribution in [0.4, 0.5) is 11.4 Å². The number of rotatable bonds is 11. The number of anilines is 1. The van der Waals surface area contributed by atoms with Crippen LogP contribution in [-0.2, 0) is 34.2 Å². The summed E-state index contributed by atoms with van der Waals surface area (Å²) in [6.07, 6.45) is 0.232. The van der Waals surface area contributed by atoms with Gasteiger partial charge in [0.15, 0.2) is 5.71 Å². The molecule has 13 heteroatoms. The van der Waals surface area contributed by atoms with Crippen LogP contribution in [0.5, 0.6) is 0 Å². The van der Waals surface area contributed by atoms with Crippen molar-refractivity contribution < 1.29 is 32.3 Å². The van der Waals surface area contributed by atoms with E-state index >= 15 is 0 Å². The number of nitrogens with two attached hydrogens (primary N) is 1. The number of amidine groups is 1. The number of benzene rings is 2. The first-order chi connectivity index (χ1) is 19.6. The topological polar surface area (TPSA) is 189 Å². The zero-order chi connectivity index (χ0) is 29.7. The van der Waals surface area contributed by atoms with Crippen molar-refractivity contribution in [1.82, 2.24) is 5.32 Å². The number of fused-ring (bicyclic) bond motifs is 1. The Balaban J connectivity index is 1.38. The van der Waals surface area contributed by atoms with Gasteiger partial charge in [0.2, 0.25) is 16.2 Å². The van der Waals surface area contributed by atoms with Crippen molar-refractivity contribution in [3.8, 4) is 0 Å². The quantitative estimate of drug-likeness (QED) is 0.154. The van der Waals surface area contributed by atoms with Gasteiger partial charge in [-0.15, -0.1) is 0 Å². The number of ketones is 1. The van der Waals surface area contributed by atoms with Crippen molar-refractivity contribution in [2.45, 2.75) is 38.6 Å². The van der Waals surface area contributed by atoms with Gasteiger partial charge in [0.25, 0.3) is 5.91 Å². The molecule has 4 rings (SSSR count). The molecule has 2 amide bonds. The largest absolute Gasteiger partial charge is 0.464 e. The van der Waals surface area contributed by atoms with Crippen LogP contribution in [0.2, 0.25) is 0 Å². The normalized spacial score (nSPS) is 16.6. The minimum Gasteiger partial charge on any atom is -0.464 e. The SMILES string of the molecule is CCOC(=O)[C@H](CCC(=O)CC1CCN(c2ccc(C(=N)N)cc2)C1=O)NC(=O)C1=Nc2ccccc2C1=S(=O)=O. The Bertz CT molecular complexity index is 1570. The van der Waals surface area contributed by atoms with E-state index in [1.807, 2.05) is 0 Å². The predicted octanol–water partition coefficient (Wildman–Crippen LogP) is 1.30. The Labute approximate surface area is 237 Å². The van der Waals surface area contributed by atoms with Crippen molar-refractivity contribution in [3.63, 3.8) is 0 Å². The molecule has 0 bridgehead atoms. The number of nitrogen functional groups attached to an aromatic ring is 1. The van der Waals surface area contributed by atoms with Crippen molar-refractivity contribution in [2.24, 2.45) is 16.6 Å². The molecular formula is C28H29N5O7S. The van der Waals surface area contributed by atoms with Gasteiger partial charge in [0.05, 0.1) is 12.3 Å². The van der Waals surface area contributed by atoms with Gasteiger partial charge in [0.1, 0.15) is 22.5 Å². The van der Waals surface area contributed by atoms with E-state index in [0.717, 1.165) is 0 Å². The van der Waals surface area contributed by atoms with Gasteiger partial charge < -0.3 is 20.7 Å². The highest BCUT2D eigenvalue weighted by Crippen LogP contribution is 2.29. The number of nitrogens with one attached hydrogen (secondary N) is 2. The fourth-order valence-electron chi connectivity index (χ4n) is 4.79. The summed E-state index contributed by atoms with van der Waals surface area (Å²) in [5.41, 5.74) is 6.90. The molecule has 0 spiro atoms. The molecule has 0 radical (unpaired) electrons. The molecule has 0 aliphatic carbocycles. The minimum atomic E-state index is -2.77. The van der Waals surface area contributed by atoms with Crippen LogP contribution in [0.3, 0.4) is 0 Å². The van der Waals surface area contributed by atoms with Crippen molar-refractivity contribution >= 4 is 61.6 Å². The number of carbonyl (C=O) groups is 4. The highest BCUT2D eigenvalue weighted by molar-refractivity contribution is 7.76. The van der Waals surface area contributed by atoms with Crippen LogP contribution in [0.25, 0.3) is 0 Å². The summed E-state index contributed by atoms with van der Waals surface area (Å²) in [6, 6.07) is 11.8. The van der Waals surface area contributed by atoms with Gasteiger partial charge in [0, 0.05) is 42.1 Å². The fourth-order valence-corrected chi connectivity index (χ4v) is 5.44. The first kappa shape index (κ1) is 29.3. The van der Waals surface area contributed by atoms with Gasteiger partial charge in [-0.1, -0.05) is 18.2 Å². The Morgan fingerprint density at radius 2 is 1.88 bits per heavy atom. The molecule has 12 nitrogen and oxygen atoms in total. The van der Waals surface area contributed by atoms with E-state index in [2.05, 4.69) is 10.3 Å². The summed E-state index contributed by atoms with van der Waals surface area (Å²) in [7, 11) is -2.77. The number of nitrogens with zero attached hydrogens (tertiary/aromatic N) is 2. The molecule has 2 aromatic rings. The Hall–Kier alpha value is -4.65. The maximum absolute atomic E-state index is 13.0. The molecule has 1 unspecified atom stereocenters. The Morgan fingerprint density at radius 3 is 2.54 bits per heavy atom. The number of esters is 1. The molecule has 1 fully saturated rings. The lowest BCUT2D eigenvalue weighted by atomic mass is 9.97. The van der Waals surface area contributed by atoms with Crippen LogP contribution >= 0.6 is 0 Å². The van der Waals surface area contributed by atoms with E-state index in [0.29, 0.717) is 29.9 Å². The summed E-state index contributed by atoms with van der Waals surface area (Å²) < 4.78 is 28.8. The lowest BCUT2D eigenvalue weighted by Crippen LogP contribution is -2.46. The first-order valence-corrected chi connectivity index (χ1v) is 14.1. The molecule has 2 aliphatic rings. The van der Waals surface area contributed by atoms with E-state index in [1.165, 1.54) is 6.07 Å². The highest BCUT2D eigenvalue weighted by atomic mass is 32.2. The Kier molecular flexibility index (Phi) is 9.07. The Morgan fingerprint density at radius 1 is 1.17 bits per heavy atom. The second-order valence-corrected chi connectivity index (χ2v) is 10.4. The number of carbonyl (C=O) groups excluding carboxylic acids is 4. The predicted molar refractivity (Wildman–Crippen MR) is 152 cm³/mol. The van der Waals surface area contributed by atoms with E-state index in [9.17, 15) is 27.6 Å². The monoisotopic (exact) mass is 579 g/mol. The average molecular weight is 580 g/mol. The molecule has 2 aromatic carbocycles. The zero-order valence-electron chi connectivity index (χ0n) is 22.3. The van der Waals surface area contributed by atoms with Crippen LogP contribution in [-0.4, -0.2) is 67.6 Å². The van der Waals surface area contributed by atoms with Crippen molar-refractivity contribution in [2.75, 3.05) is 18.1 Å². The second-order valence-electron chi connectivity index (χ2n) is 9.54. The van der Waals surface area contributed by atoms with E-state index in [1.54, 1.807) is 54.3 Å². The van der Waals surface area contributed by atoms with Gasteiger partial charge in [-0.2, -0.15) is 8.42 Å². The molecule has 1 saturated heterocycles. The summed E-state index contributed by atoms with van der Waals surface area (Å²) >= 11 is 0. The van der Waals surface area contributed by atoms with Gasteiger partial charge in [-0.25, -0.2) is 9.79 Å². The van der Waals surface area contributed by atoms with Crippen LogP contribution in [0, 0.1) is 11.3 Å². The lowest BCUT2D eigenvalue weighted by Gasteiger charge is -2.18. The summed E-state index contributed by atoms with van der Waals surface area (Å²) in [4.78, 5) is 56.9. The highest BCUT2D eigenvalue weighted by Gasteiger charge is 2.35. The third-order valence-corrected chi connectivity index (χ3v) is 7.59. The smallest absolute Gasteiger partial charge is 0.328 e. The number of amides is 2. The zero-order valence-corrected chi connectivity index (χ0v) is 23.1. The third-order valence-electron chi connectivity index (χ3n) is 6.85. The minimum absolute atomic E-state index is 0.0283. The van der Waals surface area contributed by atoms with Crippen molar-refractivity contribution in [1.29, 1.82) is 5.41 Å². The standard InChI is InChI=1S/C28H29N5O7S/c1-2-40-28(37)22(32-26(35)23-24(41(38)39)20-5-3-4-6-21(20)31-23)12-11-19(34)15-17-13-14-33(27(17)36)18-9-7-16(8-10-18)25(29)30/h3-10,17,22H,2,11-15H2,1H3,(H3,29,30)(H,32,35)/t17?,22-/m0/s1. The molecule has 0 saturated carbocycles. The maximum Gasteiger partial charge on any atom is 0.328 e. The maximum atomic E-state index is 13.0. The molecule has 214 valence electrons. The van der Waals surface area contributed by atoms with Crippen LogP contribution < -0.4 is 16.0 Å². The number of para-hydroxylation sites is 1. The molecule has 41 heavy (non-hydrogen) atoms. The van der Waals surface area contributed by atoms with Crippen LogP contribution in [0.1, 0.15) is 43.7 Å². The molecule has 2 aliphatic heterocycles. The molecule has 4 N–H and O–H groups in total. The lowest BCUT2D eigenvalue weighted by molar-refractivity contribution is -0.147. The molecule has 0 aromatic heterocycles. The number of ether oxygens (including phenoxy) is 1. The van der Waals surface area contributed by atoms with Gasteiger partial charge in [-0.3, -0.25) is 19.8 Å². The average Bonchev–Trinajstić information content (AvgIpc) is 3.51. The first-order valence-electron chi connectivity index (χ1n) is 13.0. The fraction of sp³-hybridized carbons (Fsp3) is 0.321.